The molecule has 1 aromatic heterocycles. The molecule has 5 nitrogen and oxygen atoms in total. The van der Waals surface area contributed by atoms with E-state index >= 15 is 0 Å². The Hall–Kier alpha value is -2.41. The number of halogens is 1. The summed E-state index contributed by atoms with van der Waals surface area (Å²) in [5.41, 5.74) is 3.41. The van der Waals surface area contributed by atoms with Crippen molar-refractivity contribution in [3.63, 3.8) is 0 Å². The topological polar surface area (TPSA) is 45.7 Å². The van der Waals surface area contributed by atoms with Crippen molar-refractivity contribution in [3.8, 4) is 16.3 Å². The van der Waals surface area contributed by atoms with Crippen molar-refractivity contribution in [3.05, 3.63) is 70.2 Å². The molecule has 2 aromatic carbocycles. The lowest BCUT2D eigenvalue weighted by atomic mass is 10.0. The zero-order valence-corrected chi connectivity index (χ0v) is 20.0. The number of nitrogens with zero attached hydrogens (tertiary/aromatic N) is 3. The summed E-state index contributed by atoms with van der Waals surface area (Å²) < 4.78 is 5.71. The van der Waals surface area contributed by atoms with Crippen LogP contribution in [0.5, 0.6) is 5.75 Å². The fourth-order valence-corrected chi connectivity index (χ4v) is 4.62. The molecule has 0 spiro atoms. The molecule has 1 amide bonds. The summed E-state index contributed by atoms with van der Waals surface area (Å²) in [6, 6.07) is 15.8. The third-order valence-corrected chi connectivity index (χ3v) is 6.85. The number of hydrogen-bond donors (Lipinski definition) is 0. The normalized spacial score (nSPS) is 14.7. The Balaban J connectivity index is 1.22. The van der Waals surface area contributed by atoms with Crippen LogP contribution >= 0.6 is 22.9 Å². The number of rotatable bonds is 7. The SMILES string of the molecule is CC(C)c1ccc(OCC(=O)N2CCN(Cc3csc(-c4ccc(Cl)cc4)n3)CC2)cc1. The van der Waals surface area contributed by atoms with Crippen LogP contribution in [-0.2, 0) is 11.3 Å². The number of carbonyl (C=O) groups excluding carboxylic acids is 1. The monoisotopic (exact) mass is 469 g/mol. The van der Waals surface area contributed by atoms with Crippen molar-refractivity contribution < 1.29 is 9.53 Å². The highest BCUT2D eigenvalue weighted by Gasteiger charge is 2.22. The van der Waals surface area contributed by atoms with Gasteiger partial charge in [-0.1, -0.05) is 49.7 Å². The fraction of sp³-hybridized carbons (Fsp3) is 0.360. The number of ether oxygens (including phenoxy) is 1. The minimum Gasteiger partial charge on any atom is -0.484 e. The van der Waals surface area contributed by atoms with Crippen molar-refractivity contribution in [1.82, 2.24) is 14.8 Å². The quantitative estimate of drug-likeness (QED) is 0.470. The van der Waals surface area contributed by atoms with Gasteiger partial charge in [-0.05, 0) is 35.7 Å². The number of benzene rings is 2. The van der Waals surface area contributed by atoms with Crippen LogP contribution in [0, 0.1) is 0 Å². The van der Waals surface area contributed by atoms with E-state index in [1.54, 1.807) is 11.3 Å². The van der Waals surface area contributed by atoms with E-state index in [-0.39, 0.29) is 12.5 Å². The van der Waals surface area contributed by atoms with Gasteiger partial charge >= 0.3 is 0 Å². The second kappa shape index (κ2) is 10.5. The molecule has 2 heterocycles. The number of hydrogen-bond acceptors (Lipinski definition) is 5. The first-order valence-corrected chi connectivity index (χ1v) is 12.2. The molecule has 0 bridgehead atoms. The van der Waals surface area contributed by atoms with Crippen molar-refractivity contribution in [2.75, 3.05) is 32.8 Å². The summed E-state index contributed by atoms with van der Waals surface area (Å²) in [4.78, 5) is 21.6. The molecule has 4 rings (SSSR count). The summed E-state index contributed by atoms with van der Waals surface area (Å²) in [7, 11) is 0. The Kier molecular flexibility index (Phi) is 7.45. The van der Waals surface area contributed by atoms with Crippen LogP contribution in [0.4, 0.5) is 0 Å². The Labute approximate surface area is 198 Å². The van der Waals surface area contributed by atoms with Gasteiger partial charge in [0.1, 0.15) is 10.8 Å². The smallest absolute Gasteiger partial charge is 0.260 e. The van der Waals surface area contributed by atoms with Gasteiger partial charge in [0.15, 0.2) is 6.61 Å². The summed E-state index contributed by atoms with van der Waals surface area (Å²) in [5.74, 6) is 1.26. The van der Waals surface area contributed by atoms with E-state index in [1.165, 1.54) is 5.56 Å². The van der Waals surface area contributed by atoms with Gasteiger partial charge in [-0.15, -0.1) is 11.3 Å². The molecular weight excluding hydrogens is 442 g/mol. The van der Waals surface area contributed by atoms with Gasteiger partial charge in [-0.3, -0.25) is 9.69 Å². The van der Waals surface area contributed by atoms with Crippen molar-refractivity contribution in [2.45, 2.75) is 26.3 Å². The average molecular weight is 470 g/mol. The second-order valence-electron chi connectivity index (χ2n) is 8.32. The molecule has 32 heavy (non-hydrogen) atoms. The Morgan fingerprint density at radius 1 is 1.06 bits per heavy atom. The fourth-order valence-electron chi connectivity index (χ4n) is 3.67. The van der Waals surface area contributed by atoms with Gasteiger partial charge in [0.25, 0.3) is 5.91 Å². The van der Waals surface area contributed by atoms with Crippen LogP contribution in [-0.4, -0.2) is 53.5 Å². The highest BCUT2D eigenvalue weighted by molar-refractivity contribution is 7.13. The number of aromatic nitrogens is 1. The van der Waals surface area contributed by atoms with Crippen LogP contribution < -0.4 is 4.74 Å². The highest BCUT2D eigenvalue weighted by atomic mass is 35.5. The predicted molar refractivity (Wildman–Crippen MR) is 130 cm³/mol. The van der Waals surface area contributed by atoms with E-state index in [0.29, 0.717) is 19.0 Å². The Morgan fingerprint density at radius 3 is 2.41 bits per heavy atom. The van der Waals surface area contributed by atoms with Crippen LogP contribution in [0.2, 0.25) is 5.02 Å². The van der Waals surface area contributed by atoms with E-state index in [9.17, 15) is 4.79 Å². The van der Waals surface area contributed by atoms with E-state index in [0.717, 1.165) is 46.7 Å². The van der Waals surface area contributed by atoms with Crippen LogP contribution in [0.1, 0.15) is 31.0 Å². The van der Waals surface area contributed by atoms with E-state index < -0.39 is 0 Å². The molecule has 0 atom stereocenters. The third kappa shape index (κ3) is 5.88. The maximum Gasteiger partial charge on any atom is 0.260 e. The molecule has 1 saturated heterocycles. The maximum absolute atomic E-state index is 12.6. The molecule has 3 aromatic rings. The molecule has 1 aliphatic rings. The van der Waals surface area contributed by atoms with Crippen LogP contribution in [0.3, 0.4) is 0 Å². The first-order valence-electron chi connectivity index (χ1n) is 10.9. The van der Waals surface area contributed by atoms with Gasteiger partial charge in [0.05, 0.1) is 5.69 Å². The zero-order valence-electron chi connectivity index (χ0n) is 18.5. The summed E-state index contributed by atoms with van der Waals surface area (Å²) in [6.45, 7) is 8.29. The maximum atomic E-state index is 12.6. The minimum atomic E-state index is 0.0382. The molecule has 1 aliphatic heterocycles. The molecular formula is C25H28ClN3O2S. The van der Waals surface area contributed by atoms with Crippen molar-refractivity contribution >= 4 is 28.8 Å². The molecule has 0 unspecified atom stereocenters. The van der Waals surface area contributed by atoms with Gasteiger partial charge in [-0.2, -0.15) is 0 Å². The number of piperazine rings is 1. The molecule has 0 N–H and O–H groups in total. The summed E-state index contributed by atoms with van der Waals surface area (Å²) in [6.07, 6.45) is 0. The highest BCUT2D eigenvalue weighted by Crippen LogP contribution is 2.26. The standard InChI is InChI=1S/C25H28ClN3O2S/c1-18(2)19-5-9-23(10-6-19)31-16-24(30)29-13-11-28(12-14-29)15-22-17-32-25(27-22)20-3-7-21(26)8-4-20/h3-10,17-18H,11-16H2,1-2H3. The molecule has 1 fully saturated rings. The first kappa shape index (κ1) is 22.8. The van der Waals surface area contributed by atoms with Crippen LogP contribution in [0.25, 0.3) is 10.6 Å². The lowest BCUT2D eigenvalue weighted by Gasteiger charge is -2.34. The lowest BCUT2D eigenvalue weighted by Crippen LogP contribution is -2.49. The summed E-state index contributed by atoms with van der Waals surface area (Å²) in [5, 5.41) is 3.84. The Morgan fingerprint density at radius 2 is 1.75 bits per heavy atom. The largest absolute Gasteiger partial charge is 0.484 e. The Bertz CT molecular complexity index is 1030. The molecule has 168 valence electrons. The van der Waals surface area contributed by atoms with Gasteiger partial charge in [-0.25, -0.2) is 4.98 Å². The number of thiazole rings is 1. The van der Waals surface area contributed by atoms with E-state index in [4.69, 9.17) is 21.3 Å². The molecule has 0 aliphatic carbocycles. The van der Waals surface area contributed by atoms with Gasteiger partial charge in [0.2, 0.25) is 0 Å². The van der Waals surface area contributed by atoms with E-state index in [1.807, 2.05) is 41.3 Å². The first-order chi connectivity index (χ1) is 15.5. The molecule has 0 saturated carbocycles. The predicted octanol–water partition coefficient (Wildman–Crippen LogP) is 5.31. The van der Waals surface area contributed by atoms with Crippen molar-refractivity contribution in [2.24, 2.45) is 0 Å². The lowest BCUT2D eigenvalue weighted by molar-refractivity contribution is -0.135. The van der Waals surface area contributed by atoms with Crippen molar-refractivity contribution in [1.29, 1.82) is 0 Å². The molecule has 7 heteroatoms. The van der Waals surface area contributed by atoms with Crippen LogP contribution in [0.15, 0.2) is 53.9 Å². The number of amides is 1. The van der Waals surface area contributed by atoms with Gasteiger partial charge < -0.3 is 9.64 Å². The second-order valence-corrected chi connectivity index (χ2v) is 9.61. The summed E-state index contributed by atoms with van der Waals surface area (Å²) >= 11 is 7.62. The van der Waals surface area contributed by atoms with E-state index in [2.05, 4.69) is 36.3 Å². The van der Waals surface area contributed by atoms with Gasteiger partial charge in [0, 0.05) is 48.7 Å². The minimum absolute atomic E-state index is 0.0382. The number of carbonyl (C=O) groups is 1. The third-order valence-electron chi connectivity index (χ3n) is 5.66. The average Bonchev–Trinajstić information content (AvgIpc) is 3.27. The molecule has 0 radical (unpaired) electrons. The zero-order chi connectivity index (χ0) is 22.5.